The van der Waals surface area contributed by atoms with Crippen molar-refractivity contribution in [1.29, 1.82) is 0 Å². The molecule has 1 N–H and O–H groups in total. The summed E-state index contributed by atoms with van der Waals surface area (Å²) in [7, 11) is 0. The second-order valence-electron chi connectivity index (χ2n) is 4.90. The molecule has 21 heavy (non-hydrogen) atoms. The molecule has 0 unspecified atom stereocenters. The van der Waals surface area contributed by atoms with E-state index in [1.807, 2.05) is 18.2 Å². The third kappa shape index (κ3) is 2.92. The highest BCUT2D eigenvalue weighted by Crippen LogP contribution is 2.37. The van der Waals surface area contributed by atoms with Crippen molar-refractivity contribution in [3.05, 3.63) is 40.4 Å². The molecule has 2 aromatic rings. The number of rotatable bonds is 3. The van der Waals surface area contributed by atoms with Crippen molar-refractivity contribution < 1.29 is 9.53 Å². The van der Waals surface area contributed by atoms with Gasteiger partial charge in [-0.3, -0.25) is 10.1 Å². The van der Waals surface area contributed by atoms with Gasteiger partial charge in [-0.2, -0.15) is 0 Å². The van der Waals surface area contributed by atoms with Gasteiger partial charge in [-0.25, -0.2) is 0 Å². The van der Waals surface area contributed by atoms with E-state index in [-0.39, 0.29) is 5.91 Å². The summed E-state index contributed by atoms with van der Waals surface area (Å²) in [6, 6.07) is 7.47. The highest BCUT2D eigenvalue weighted by atomic mass is 35.5. The maximum atomic E-state index is 12.8. The van der Waals surface area contributed by atoms with E-state index >= 15 is 0 Å². The summed E-state index contributed by atoms with van der Waals surface area (Å²) < 4.78 is 5.42. The maximum Gasteiger partial charge on any atom is 0.237 e. The Morgan fingerprint density at radius 2 is 2.19 bits per heavy atom. The first-order valence-electron chi connectivity index (χ1n) is 6.62. The molecule has 1 aliphatic rings. The lowest BCUT2D eigenvalue weighted by Gasteiger charge is -2.36. The Balaban J connectivity index is 1.94. The number of anilines is 1. The van der Waals surface area contributed by atoms with Gasteiger partial charge >= 0.3 is 0 Å². The summed E-state index contributed by atoms with van der Waals surface area (Å²) in [5.74, 6) is -0.0789. The van der Waals surface area contributed by atoms with Crippen LogP contribution >= 0.6 is 22.9 Å². The van der Waals surface area contributed by atoms with E-state index in [1.54, 1.807) is 11.6 Å². The zero-order valence-electron chi connectivity index (χ0n) is 11.2. The van der Waals surface area contributed by atoms with Crippen LogP contribution in [0.25, 0.3) is 0 Å². The number of carbonyl (C=O) groups excluding carboxylic acids is 1. The molecule has 1 aromatic carbocycles. The molecule has 1 aliphatic heterocycles. The van der Waals surface area contributed by atoms with Crippen LogP contribution in [0.5, 0.6) is 0 Å². The van der Waals surface area contributed by atoms with Gasteiger partial charge in [-0.15, -0.1) is 10.2 Å². The van der Waals surface area contributed by atoms with E-state index in [0.29, 0.717) is 36.2 Å². The number of benzene rings is 1. The number of aromatic nitrogens is 2. The van der Waals surface area contributed by atoms with Crippen molar-refractivity contribution in [2.45, 2.75) is 18.3 Å². The Labute approximate surface area is 131 Å². The summed E-state index contributed by atoms with van der Waals surface area (Å²) in [6.45, 7) is 1.10. The van der Waals surface area contributed by atoms with Gasteiger partial charge in [0.1, 0.15) is 5.51 Å². The minimum atomic E-state index is -0.630. The van der Waals surface area contributed by atoms with Crippen LogP contribution in [0, 0.1) is 0 Å². The van der Waals surface area contributed by atoms with E-state index in [2.05, 4.69) is 15.5 Å². The molecule has 0 bridgehead atoms. The lowest BCUT2D eigenvalue weighted by molar-refractivity contribution is -0.125. The smallest absolute Gasteiger partial charge is 0.237 e. The van der Waals surface area contributed by atoms with E-state index in [0.717, 1.165) is 5.56 Å². The highest BCUT2D eigenvalue weighted by Gasteiger charge is 2.42. The van der Waals surface area contributed by atoms with Crippen molar-refractivity contribution in [1.82, 2.24) is 10.2 Å². The quantitative estimate of drug-likeness (QED) is 0.943. The van der Waals surface area contributed by atoms with Gasteiger partial charge in [-0.1, -0.05) is 35.1 Å². The molecule has 0 radical (unpaired) electrons. The van der Waals surface area contributed by atoms with Crippen LogP contribution in [0.15, 0.2) is 29.8 Å². The summed E-state index contributed by atoms with van der Waals surface area (Å²) in [6.07, 6.45) is 1.25. The fourth-order valence-corrected chi connectivity index (χ4v) is 3.23. The van der Waals surface area contributed by atoms with Crippen LogP contribution in [0.2, 0.25) is 5.02 Å². The number of nitrogens with zero attached hydrogens (tertiary/aromatic N) is 2. The first kappa shape index (κ1) is 14.4. The standard InChI is InChI=1S/C14H14ClN3O2S/c15-11-3-1-2-10(8-11)14(4-6-20-7-5-14)12(19)17-13-18-16-9-21-13/h1-3,8-9H,4-7H2,(H,17,18,19). The van der Waals surface area contributed by atoms with Gasteiger partial charge in [-0.05, 0) is 30.5 Å². The Kier molecular flexibility index (Phi) is 4.19. The molecule has 0 saturated carbocycles. The number of carbonyl (C=O) groups is 1. The molecular weight excluding hydrogens is 310 g/mol. The fraction of sp³-hybridized carbons (Fsp3) is 0.357. The van der Waals surface area contributed by atoms with Crippen LogP contribution < -0.4 is 5.32 Å². The fourth-order valence-electron chi connectivity index (χ4n) is 2.60. The summed E-state index contributed by atoms with van der Waals surface area (Å²) >= 11 is 7.39. The van der Waals surface area contributed by atoms with Crippen LogP contribution in [-0.4, -0.2) is 29.3 Å². The highest BCUT2D eigenvalue weighted by molar-refractivity contribution is 7.13. The van der Waals surface area contributed by atoms with Crippen LogP contribution in [0.1, 0.15) is 18.4 Å². The molecular formula is C14H14ClN3O2S. The van der Waals surface area contributed by atoms with E-state index < -0.39 is 5.41 Å². The summed E-state index contributed by atoms with van der Waals surface area (Å²) in [5.41, 5.74) is 1.88. The molecule has 1 saturated heterocycles. The third-order valence-corrected chi connectivity index (χ3v) is 4.58. The van der Waals surface area contributed by atoms with Crippen molar-refractivity contribution in [2.75, 3.05) is 18.5 Å². The lowest BCUT2D eigenvalue weighted by atomic mass is 9.73. The number of hydrogen-bond acceptors (Lipinski definition) is 5. The zero-order chi connectivity index (χ0) is 14.7. The molecule has 1 aromatic heterocycles. The first-order chi connectivity index (χ1) is 10.2. The van der Waals surface area contributed by atoms with Gasteiger partial charge in [0.25, 0.3) is 0 Å². The number of nitrogens with one attached hydrogen (secondary N) is 1. The molecule has 3 rings (SSSR count). The van der Waals surface area contributed by atoms with Crippen molar-refractivity contribution >= 4 is 34.0 Å². The second-order valence-corrected chi connectivity index (χ2v) is 6.17. The Morgan fingerprint density at radius 3 is 2.86 bits per heavy atom. The SMILES string of the molecule is O=C(Nc1nncs1)C1(c2cccc(Cl)c2)CCOCC1. The average molecular weight is 324 g/mol. The topological polar surface area (TPSA) is 64.1 Å². The number of hydrogen-bond donors (Lipinski definition) is 1. The van der Waals surface area contributed by atoms with Gasteiger partial charge in [0.15, 0.2) is 0 Å². The largest absolute Gasteiger partial charge is 0.381 e. The first-order valence-corrected chi connectivity index (χ1v) is 7.88. The van der Waals surface area contributed by atoms with Crippen molar-refractivity contribution in [3.8, 4) is 0 Å². The van der Waals surface area contributed by atoms with Crippen molar-refractivity contribution in [2.24, 2.45) is 0 Å². The summed E-state index contributed by atoms with van der Waals surface area (Å²) in [5, 5.41) is 11.6. The average Bonchev–Trinajstić information content (AvgIpc) is 3.01. The van der Waals surface area contributed by atoms with Crippen LogP contribution in [0.4, 0.5) is 5.13 Å². The van der Waals surface area contributed by atoms with Gasteiger partial charge in [0.2, 0.25) is 11.0 Å². The molecule has 0 aliphatic carbocycles. The Morgan fingerprint density at radius 1 is 1.38 bits per heavy atom. The minimum Gasteiger partial charge on any atom is -0.381 e. The Bertz CT molecular complexity index is 627. The van der Waals surface area contributed by atoms with E-state index in [4.69, 9.17) is 16.3 Å². The molecule has 1 amide bonds. The predicted octanol–water partition coefficient (Wildman–Crippen LogP) is 2.88. The monoisotopic (exact) mass is 323 g/mol. The molecule has 110 valence electrons. The predicted molar refractivity (Wildman–Crippen MR) is 81.7 cm³/mol. The molecule has 1 fully saturated rings. The number of amides is 1. The van der Waals surface area contributed by atoms with Gasteiger partial charge in [0.05, 0.1) is 5.41 Å². The molecule has 5 nitrogen and oxygen atoms in total. The zero-order valence-corrected chi connectivity index (χ0v) is 12.8. The van der Waals surface area contributed by atoms with E-state index in [1.165, 1.54) is 11.3 Å². The Hall–Kier alpha value is -1.50. The minimum absolute atomic E-state index is 0.0789. The third-order valence-electron chi connectivity index (χ3n) is 3.74. The normalized spacial score (nSPS) is 17.4. The number of ether oxygens (including phenoxy) is 1. The lowest BCUT2D eigenvalue weighted by Crippen LogP contribution is -2.44. The molecule has 0 atom stereocenters. The molecule has 2 heterocycles. The van der Waals surface area contributed by atoms with Gasteiger partial charge in [0, 0.05) is 18.2 Å². The molecule has 0 spiro atoms. The van der Waals surface area contributed by atoms with Crippen LogP contribution in [0.3, 0.4) is 0 Å². The second kappa shape index (κ2) is 6.09. The molecule has 7 heteroatoms. The maximum absolute atomic E-state index is 12.8. The van der Waals surface area contributed by atoms with Gasteiger partial charge < -0.3 is 4.74 Å². The van der Waals surface area contributed by atoms with Crippen LogP contribution in [-0.2, 0) is 14.9 Å². The summed E-state index contributed by atoms with van der Waals surface area (Å²) in [4.78, 5) is 12.8. The van der Waals surface area contributed by atoms with E-state index in [9.17, 15) is 4.79 Å². The van der Waals surface area contributed by atoms with Crippen molar-refractivity contribution in [3.63, 3.8) is 0 Å². The number of halogens is 1.